The van der Waals surface area contributed by atoms with Crippen molar-refractivity contribution in [2.45, 2.75) is 69.9 Å². The first-order valence-electron chi connectivity index (χ1n) is 12.8. The number of benzene rings is 1. The standard InChI is InChI=1S/C27H31ClN4O3/c28-21-10-5-8-17-13-22(31-24(17)21)27(35)32-15-18-7-1-3-9-20(18)25(32)26(34)30-19(14-29)12-16-6-2-4-11-23(16)33/h5,8,10,13,16,18-20,25,31H,1-4,6-7,9,11-12,15H2,(H,30,34)/t16-,18-,19-,20-,25-/m0/s1. The molecule has 0 unspecified atom stereocenters. The van der Waals surface area contributed by atoms with Crippen LogP contribution in [0.15, 0.2) is 24.3 Å². The number of hydrogen-bond acceptors (Lipinski definition) is 4. The third-order valence-electron chi connectivity index (χ3n) is 8.18. The van der Waals surface area contributed by atoms with Crippen molar-refractivity contribution in [1.82, 2.24) is 15.2 Å². The molecular formula is C27H31ClN4O3. The van der Waals surface area contributed by atoms with Crippen molar-refractivity contribution in [3.63, 3.8) is 0 Å². The third kappa shape index (κ3) is 4.69. The second-order valence-corrected chi connectivity index (χ2v) is 10.7. The van der Waals surface area contributed by atoms with Crippen LogP contribution in [0, 0.1) is 29.1 Å². The molecule has 2 N–H and O–H groups in total. The zero-order valence-corrected chi connectivity index (χ0v) is 20.5. The van der Waals surface area contributed by atoms with Gasteiger partial charge >= 0.3 is 0 Å². The molecule has 184 valence electrons. The summed E-state index contributed by atoms with van der Waals surface area (Å²) in [6.07, 6.45) is 7.58. The zero-order valence-electron chi connectivity index (χ0n) is 19.8. The highest BCUT2D eigenvalue weighted by Gasteiger charge is 2.49. The summed E-state index contributed by atoms with van der Waals surface area (Å²) in [4.78, 5) is 44.4. The monoisotopic (exact) mass is 494 g/mol. The van der Waals surface area contributed by atoms with Crippen LogP contribution in [0.5, 0.6) is 0 Å². The minimum Gasteiger partial charge on any atom is -0.349 e. The molecule has 2 amide bonds. The van der Waals surface area contributed by atoms with E-state index in [1.807, 2.05) is 12.1 Å². The summed E-state index contributed by atoms with van der Waals surface area (Å²) < 4.78 is 0. The third-order valence-corrected chi connectivity index (χ3v) is 8.49. The molecule has 1 saturated heterocycles. The number of halogens is 1. The molecule has 2 aliphatic carbocycles. The normalized spacial score (nSPS) is 27.3. The van der Waals surface area contributed by atoms with Crippen molar-refractivity contribution in [1.29, 1.82) is 5.26 Å². The number of para-hydroxylation sites is 1. The van der Waals surface area contributed by atoms with Gasteiger partial charge in [-0.15, -0.1) is 0 Å². The van der Waals surface area contributed by atoms with Gasteiger partial charge in [-0.25, -0.2) is 0 Å². The van der Waals surface area contributed by atoms with E-state index < -0.39 is 12.1 Å². The SMILES string of the molecule is N#C[C@H](C[C@@H]1CCCCC1=O)NC(=O)[C@@H]1[C@H]2CCCC[C@H]2CN1C(=O)c1cc2cccc(Cl)c2[nH]1. The lowest BCUT2D eigenvalue weighted by atomic mass is 9.78. The number of carbonyl (C=O) groups is 3. The number of hydrogen-bond donors (Lipinski definition) is 2. The van der Waals surface area contributed by atoms with E-state index in [1.54, 1.807) is 17.0 Å². The Labute approximate surface area is 210 Å². The number of ketones is 1. The zero-order chi connectivity index (χ0) is 24.5. The molecular weight excluding hydrogens is 464 g/mol. The number of likely N-dealkylation sites (tertiary alicyclic amines) is 1. The van der Waals surface area contributed by atoms with Gasteiger partial charge in [0.15, 0.2) is 0 Å². The number of nitrogens with one attached hydrogen (secondary N) is 2. The summed E-state index contributed by atoms with van der Waals surface area (Å²) in [5, 5.41) is 14.0. The fraction of sp³-hybridized carbons (Fsp3) is 0.556. The largest absolute Gasteiger partial charge is 0.349 e. The lowest BCUT2D eigenvalue weighted by Crippen LogP contribution is -2.51. The first kappa shape index (κ1) is 23.9. The molecule has 2 heterocycles. The molecule has 5 rings (SSSR count). The minimum atomic E-state index is -0.735. The van der Waals surface area contributed by atoms with Gasteiger partial charge in [0.2, 0.25) is 5.91 Å². The average molecular weight is 495 g/mol. The van der Waals surface area contributed by atoms with Crippen LogP contribution in [-0.4, -0.2) is 46.1 Å². The molecule has 7 nitrogen and oxygen atoms in total. The van der Waals surface area contributed by atoms with Crippen LogP contribution in [-0.2, 0) is 9.59 Å². The molecule has 0 radical (unpaired) electrons. The maximum atomic E-state index is 13.7. The highest BCUT2D eigenvalue weighted by atomic mass is 35.5. The Morgan fingerprint density at radius 2 is 2.00 bits per heavy atom. The highest BCUT2D eigenvalue weighted by Crippen LogP contribution is 2.41. The summed E-state index contributed by atoms with van der Waals surface area (Å²) in [5.74, 6) is -0.130. The van der Waals surface area contributed by atoms with Crippen molar-refractivity contribution >= 4 is 40.1 Å². The molecule has 2 aromatic rings. The van der Waals surface area contributed by atoms with Crippen molar-refractivity contribution < 1.29 is 14.4 Å². The van der Waals surface area contributed by atoms with Gasteiger partial charge in [0.1, 0.15) is 23.6 Å². The molecule has 2 saturated carbocycles. The van der Waals surface area contributed by atoms with Gasteiger partial charge in [-0.05, 0) is 56.1 Å². The molecule has 3 aliphatic rings. The number of Topliss-reactive ketones (excluding diaryl/α,β-unsaturated/α-hetero) is 1. The predicted molar refractivity (Wildman–Crippen MR) is 133 cm³/mol. The Morgan fingerprint density at radius 1 is 1.20 bits per heavy atom. The average Bonchev–Trinajstić information content (AvgIpc) is 3.47. The smallest absolute Gasteiger partial charge is 0.271 e. The number of aromatic amines is 1. The van der Waals surface area contributed by atoms with E-state index in [1.165, 1.54) is 0 Å². The maximum absolute atomic E-state index is 13.7. The van der Waals surface area contributed by atoms with Gasteiger partial charge in [0.05, 0.1) is 16.6 Å². The van der Waals surface area contributed by atoms with Crippen LogP contribution in [0.4, 0.5) is 0 Å². The summed E-state index contributed by atoms with van der Waals surface area (Å²) >= 11 is 6.30. The van der Waals surface area contributed by atoms with Crippen molar-refractivity contribution in [2.24, 2.45) is 17.8 Å². The van der Waals surface area contributed by atoms with E-state index in [2.05, 4.69) is 16.4 Å². The summed E-state index contributed by atoms with van der Waals surface area (Å²) in [6.45, 7) is 0.531. The van der Waals surface area contributed by atoms with Crippen LogP contribution in [0.3, 0.4) is 0 Å². The van der Waals surface area contributed by atoms with Crippen molar-refractivity contribution in [3.8, 4) is 6.07 Å². The number of rotatable bonds is 5. The Bertz CT molecular complexity index is 1180. The predicted octanol–water partition coefficient (Wildman–Crippen LogP) is 4.61. The first-order valence-corrected chi connectivity index (χ1v) is 13.1. The maximum Gasteiger partial charge on any atom is 0.271 e. The van der Waals surface area contributed by atoms with Crippen LogP contribution in [0.25, 0.3) is 10.9 Å². The molecule has 1 aliphatic heterocycles. The number of nitriles is 1. The Balaban J connectivity index is 1.37. The van der Waals surface area contributed by atoms with Crippen molar-refractivity contribution in [2.75, 3.05) is 6.54 Å². The molecule has 1 aromatic heterocycles. The second-order valence-electron chi connectivity index (χ2n) is 10.3. The molecule has 8 heteroatoms. The Kier molecular flexibility index (Phi) is 6.84. The van der Waals surface area contributed by atoms with Crippen LogP contribution >= 0.6 is 11.6 Å². The Hall–Kier alpha value is -2.85. The molecule has 1 aromatic carbocycles. The number of amides is 2. The van der Waals surface area contributed by atoms with E-state index in [9.17, 15) is 19.6 Å². The van der Waals surface area contributed by atoms with Gasteiger partial charge in [0.25, 0.3) is 5.91 Å². The van der Waals surface area contributed by atoms with Crippen LogP contribution in [0.1, 0.15) is 68.3 Å². The van der Waals surface area contributed by atoms with E-state index in [0.717, 1.165) is 50.3 Å². The van der Waals surface area contributed by atoms with Gasteiger partial charge in [0, 0.05) is 24.3 Å². The van der Waals surface area contributed by atoms with Gasteiger partial charge in [-0.1, -0.05) is 43.0 Å². The summed E-state index contributed by atoms with van der Waals surface area (Å²) in [5.41, 5.74) is 1.12. The van der Waals surface area contributed by atoms with E-state index in [0.29, 0.717) is 35.6 Å². The first-order chi connectivity index (χ1) is 17.0. The number of H-pyrrole nitrogens is 1. The quantitative estimate of drug-likeness (QED) is 0.633. The lowest BCUT2D eigenvalue weighted by Gasteiger charge is -2.30. The lowest BCUT2D eigenvalue weighted by molar-refractivity contribution is -0.128. The fourth-order valence-electron chi connectivity index (χ4n) is 6.40. The van der Waals surface area contributed by atoms with E-state index in [4.69, 9.17) is 11.6 Å². The van der Waals surface area contributed by atoms with Gasteiger partial charge in [-0.2, -0.15) is 5.26 Å². The number of carbonyl (C=O) groups excluding carboxylic acids is 3. The number of nitrogens with zero attached hydrogens (tertiary/aromatic N) is 2. The second kappa shape index (κ2) is 10.0. The number of aromatic nitrogens is 1. The number of fused-ring (bicyclic) bond motifs is 2. The molecule has 5 atom stereocenters. The highest BCUT2D eigenvalue weighted by molar-refractivity contribution is 6.35. The fourth-order valence-corrected chi connectivity index (χ4v) is 6.63. The minimum absolute atomic E-state index is 0.0799. The van der Waals surface area contributed by atoms with Crippen LogP contribution in [0.2, 0.25) is 5.02 Å². The van der Waals surface area contributed by atoms with E-state index >= 15 is 0 Å². The summed E-state index contributed by atoms with van der Waals surface area (Å²) in [6, 6.07) is 8.13. The summed E-state index contributed by atoms with van der Waals surface area (Å²) in [7, 11) is 0. The van der Waals surface area contributed by atoms with Gasteiger partial charge < -0.3 is 15.2 Å². The molecule has 35 heavy (non-hydrogen) atoms. The van der Waals surface area contributed by atoms with E-state index in [-0.39, 0.29) is 35.4 Å². The van der Waals surface area contributed by atoms with Crippen molar-refractivity contribution in [3.05, 3.63) is 35.0 Å². The molecule has 0 bridgehead atoms. The molecule has 0 spiro atoms. The topological polar surface area (TPSA) is 106 Å². The van der Waals surface area contributed by atoms with Gasteiger partial charge in [-0.3, -0.25) is 14.4 Å². The Morgan fingerprint density at radius 3 is 2.77 bits per heavy atom. The molecule has 3 fully saturated rings. The van der Waals surface area contributed by atoms with Crippen LogP contribution < -0.4 is 5.32 Å².